The summed E-state index contributed by atoms with van der Waals surface area (Å²) >= 11 is 0. The van der Waals surface area contributed by atoms with Crippen LogP contribution in [0.25, 0.3) is 0 Å². The average Bonchev–Trinajstić information content (AvgIpc) is 0.667. The Morgan fingerprint density at radius 3 is 1.70 bits per heavy atom. The zero-order chi connectivity index (χ0) is 72.0. The molecule has 4 saturated heterocycles. The third kappa shape index (κ3) is 14.0. The van der Waals surface area contributed by atoms with E-state index in [4.69, 9.17) is 56.8 Å². The lowest BCUT2D eigenvalue weighted by atomic mass is 9.44. The molecule has 542 valence electrons. The summed E-state index contributed by atoms with van der Waals surface area (Å²) in [7, 11) is 0. The molecular weight excluding hydrogens is 1310 g/mol. The number of nitrogens with one attached hydrogen (secondary N) is 1. The van der Waals surface area contributed by atoms with Crippen molar-refractivity contribution < 1.29 is 152 Å². The number of carbonyl (C=O) groups is 7. The van der Waals surface area contributed by atoms with Gasteiger partial charge >= 0.3 is 29.8 Å². The molecule has 3 aromatic carbocycles. The van der Waals surface area contributed by atoms with E-state index in [9.17, 15) is 90.0 Å². The Bertz CT molecular complexity index is 3430. The highest BCUT2D eigenvalue weighted by atomic mass is 16.8. The van der Waals surface area contributed by atoms with Gasteiger partial charge in [-0.2, -0.15) is 0 Å². The molecule has 26 atom stereocenters. The van der Waals surface area contributed by atoms with Crippen LogP contribution in [0.4, 0.5) is 0 Å². The maximum absolute atomic E-state index is 16.6. The monoisotopic (exact) mass is 1400 g/mol. The van der Waals surface area contributed by atoms with Crippen LogP contribution in [0.3, 0.4) is 0 Å². The number of amides is 1. The van der Waals surface area contributed by atoms with Crippen molar-refractivity contribution in [1.29, 1.82) is 0 Å². The predicted molar refractivity (Wildman–Crippen MR) is 327 cm³/mol. The van der Waals surface area contributed by atoms with Crippen LogP contribution in [-0.4, -0.2) is 276 Å². The standard InChI is InChI=1S/C67H83NO31/c1-29-35(91-60(86)47(78)43(32-16-10-7-11-17-32)68-58(84)33-18-12-8-13-19-33)23-67(87)57(98-59(85)34-20-14-9-15-21-34)55-65(6,56(83)52(90-30(2)72)42(29)64(67,4)5)39(22-40-66(55,28-89-40)99-31(3)73)95-41(74)27-88-61-50(81)53(45(76)37(25-70)92-61)97-63-51(82)54(46(77)38(26-71)94-63)96-62-49(80)48(79)44(75)36(24-69)93-62/h7-21,35-40,43-55,57,61-63,69-71,75-82,87H,22-28H2,1-6H3,(H,68,84)/t35-,36+,37+,38+,39-,40+,43-,44+,45+,46+,47+,48-,49+,50+,51+,52+,53-,54-,55-,57-,61-,62+,63+,65+,66-,67+/m0/s1. The first-order valence-electron chi connectivity index (χ1n) is 32.1. The second-order valence-electron chi connectivity index (χ2n) is 26.4. The number of aliphatic hydroxyl groups excluding tert-OH is 11. The van der Waals surface area contributed by atoms with Gasteiger partial charge in [-0.05, 0) is 54.8 Å². The van der Waals surface area contributed by atoms with E-state index >= 15 is 4.79 Å². The van der Waals surface area contributed by atoms with Crippen LogP contribution in [0.1, 0.15) is 86.7 Å². The molecule has 3 aliphatic carbocycles. The zero-order valence-electron chi connectivity index (χ0n) is 54.5. The highest BCUT2D eigenvalue weighted by Crippen LogP contribution is 2.65. The second kappa shape index (κ2) is 30.0. The van der Waals surface area contributed by atoms with Gasteiger partial charge in [0.1, 0.15) is 110 Å². The Morgan fingerprint density at radius 2 is 1.16 bits per heavy atom. The van der Waals surface area contributed by atoms with Gasteiger partial charge in [0.2, 0.25) is 0 Å². The van der Waals surface area contributed by atoms with Gasteiger partial charge in [0.05, 0.1) is 49.4 Å². The summed E-state index contributed by atoms with van der Waals surface area (Å²) in [5.41, 5.74) is -9.09. The predicted octanol–water partition coefficient (Wildman–Crippen LogP) is -3.25. The molecule has 0 spiro atoms. The number of ketones is 1. The lowest BCUT2D eigenvalue weighted by Crippen LogP contribution is -2.82. The Hall–Kier alpha value is -6.87. The Balaban J connectivity index is 0.986. The van der Waals surface area contributed by atoms with Gasteiger partial charge in [0.15, 0.2) is 42.5 Å². The summed E-state index contributed by atoms with van der Waals surface area (Å²) in [5.74, 6) is -9.62. The van der Waals surface area contributed by atoms with E-state index in [-0.39, 0.29) is 27.8 Å². The number of rotatable bonds is 21. The molecule has 13 N–H and O–H groups in total. The van der Waals surface area contributed by atoms with Gasteiger partial charge in [-0.15, -0.1) is 0 Å². The van der Waals surface area contributed by atoms with Crippen molar-refractivity contribution in [1.82, 2.24) is 5.32 Å². The fourth-order valence-electron chi connectivity index (χ4n) is 14.8. The number of esters is 5. The topological polar surface area (TPSA) is 485 Å². The summed E-state index contributed by atoms with van der Waals surface area (Å²) in [6.07, 6.45) is -42.1. The first-order chi connectivity index (χ1) is 46.9. The van der Waals surface area contributed by atoms with Gasteiger partial charge < -0.3 is 123 Å². The molecule has 4 heterocycles. The Labute approximate surface area is 565 Å². The molecule has 3 aromatic rings. The number of Topliss-reactive ketones (excluding diaryl/α,β-unsaturated/α-hetero) is 1. The molecule has 6 fully saturated rings. The van der Waals surface area contributed by atoms with Crippen molar-refractivity contribution in [2.45, 2.75) is 200 Å². The van der Waals surface area contributed by atoms with E-state index in [2.05, 4.69) is 5.32 Å². The van der Waals surface area contributed by atoms with Crippen LogP contribution in [0, 0.1) is 16.7 Å². The molecule has 4 aliphatic heterocycles. The highest BCUT2D eigenvalue weighted by molar-refractivity contribution is 5.96. The zero-order valence-corrected chi connectivity index (χ0v) is 54.5. The second-order valence-corrected chi connectivity index (χ2v) is 26.4. The van der Waals surface area contributed by atoms with Crippen LogP contribution in [-0.2, 0) is 80.8 Å². The van der Waals surface area contributed by atoms with E-state index in [0.29, 0.717) is 0 Å². The van der Waals surface area contributed by atoms with Crippen molar-refractivity contribution in [2.75, 3.05) is 33.0 Å². The number of hydrogen-bond donors (Lipinski definition) is 13. The molecule has 0 radical (unpaired) electrons. The first-order valence-corrected chi connectivity index (χ1v) is 32.1. The van der Waals surface area contributed by atoms with Crippen molar-refractivity contribution in [3.05, 3.63) is 119 Å². The summed E-state index contributed by atoms with van der Waals surface area (Å²) in [6, 6.07) is 21.7. The van der Waals surface area contributed by atoms with Crippen molar-refractivity contribution in [3.8, 4) is 0 Å². The van der Waals surface area contributed by atoms with Gasteiger partial charge in [0, 0.05) is 37.7 Å². The molecule has 2 saturated carbocycles. The molecule has 99 heavy (non-hydrogen) atoms. The lowest BCUT2D eigenvalue weighted by Gasteiger charge is -2.67. The number of hydrogen-bond acceptors (Lipinski definition) is 31. The third-order valence-electron chi connectivity index (χ3n) is 20.2. The summed E-state index contributed by atoms with van der Waals surface area (Å²) in [6.45, 7) is 2.83. The van der Waals surface area contributed by atoms with Gasteiger partial charge in [-0.25, -0.2) is 14.4 Å². The fraction of sp³-hybridized carbons (Fsp3) is 0.597. The molecular formula is C67H83NO31. The fourth-order valence-corrected chi connectivity index (χ4v) is 14.8. The first kappa shape index (κ1) is 74.8. The summed E-state index contributed by atoms with van der Waals surface area (Å²) in [5, 5.41) is 137. The molecule has 10 rings (SSSR count). The van der Waals surface area contributed by atoms with Gasteiger partial charge in [-0.1, -0.05) is 80.6 Å². The normalized spacial score (nSPS) is 38.4. The van der Waals surface area contributed by atoms with Crippen LogP contribution < -0.4 is 5.32 Å². The number of aliphatic hydroxyl groups is 12. The molecule has 0 aromatic heterocycles. The number of fused-ring (bicyclic) bond motifs is 5. The summed E-state index contributed by atoms with van der Waals surface area (Å²) < 4.78 is 71.2. The lowest BCUT2D eigenvalue weighted by molar-refractivity contribution is -0.380. The van der Waals surface area contributed by atoms with Crippen molar-refractivity contribution in [2.24, 2.45) is 16.7 Å². The maximum Gasteiger partial charge on any atom is 0.338 e. The van der Waals surface area contributed by atoms with Crippen LogP contribution in [0.5, 0.6) is 0 Å². The van der Waals surface area contributed by atoms with E-state index < -0.39 is 250 Å². The van der Waals surface area contributed by atoms with Gasteiger partial charge in [0.25, 0.3) is 5.91 Å². The smallest absolute Gasteiger partial charge is 0.338 e. The van der Waals surface area contributed by atoms with Crippen LogP contribution >= 0.6 is 0 Å². The third-order valence-corrected chi connectivity index (χ3v) is 20.2. The Kier molecular flexibility index (Phi) is 22.7. The van der Waals surface area contributed by atoms with E-state index in [1.807, 2.05) is 0 Å². The van der Waals surface area contributed by atoms with Crippen LogP contribution in [0.2, 0.25) is 0 Å². The van der Waals surface area contributed by atoms with Crippen molar-refractivity contribution in [3.63, 3.8) is 0 Å². The van der Waals surface area contributed by atoms with Gasteiger partial charge in [-0.3, -0.25) is 19.2 Å². The quantitative estimate of drug-likeness (QED) is 0.0283. The molecule has 32 heteroatoms. The minimum Gasteiger partial charge on any atom is -0.459 e. The molecule has 0 unspecified atom stereocenters. The number of carbonyl (C=O) groups excluding carboxylic acids is 7. The SMILES string of the molecule is CC(=O)O[C@H]1C(=O)[C@]2(C)[C@@H](OC(=O)CO[C@H]3O[C@H](CO)[C@@H](O)[C@H](O[C@H]4O[C@H](CO)[C@@H](O)[C@H](O[C@H]5O[C@H](CO)[C@@H](O)[C@H](O)[C@H]5O)[C@H]4O)[C@H]3O)C[C@H]3OC[C@@]3(OC(C)=O)[C@H]2[C@H](OC(=O)c2ccccc2)[C@]2(O)C[C@H](OC(=O)[C@H](O)[C@@H](NC(=O)c3ccccc3)c3ccccc3)C(C)=C1C2(C)C. The molecule has 32 nitrogen and oxygen atoms in total. The minimum absolute atomic E-state index is 0.0156. The van der Waals surface area contributed by atoms with Crippen molar-refractivity contribution >= 4 is 41.5 Å². The number of benzene rings is 3. The average molecular weight is 1400 g/mol. The maximum atomic E-state index is 16.6. The highest BCUT2D eigenvalue weighted by Gasteiger charge is 2.79. The van der Waals surface area contributed by atoms with E-state index in [1.54, 1.807) is 54.6 Å². The van der Waals surface area contributed by atoms with Crippen LogP contribution in [0.15, 0.2) is 102 Å². The van der Waals surface area contributed by atoms with E-state index in [0.717, 1.165) is 13.8 Å². The number of ether oxygens (including phenoxy) is 12. The molecule has 7 aliphatic rings. The Morgan fingerprint density at radius 1 is 0.636 bits per heavy atom. The van der Waals surface area contributed by atoms with E-state index in [1.165, 1.54) is 64.1 Å². The molecule has 1 amide bonds. The largest absolute Gasteiger partial charge is 0.459 e. The molecule has 2 bridgehead atoms. The minimum atomic E-state index is -2.69. The summed E-state index contributed by atoms with van der Waals surface area (Å²) in [4.78, 5) is 102.